The number of anilines is 1. The molecule has 0 atom stereocenters. The van der Waals surface area contributed by atoms with Crippen LogP contribution >= 0.6 is 0 Å². The lowest BCUT2D eigenvalue weighted by molar-refractivity contribution is 0.145. The molecule has 6 heteroatoms. The second-order valence-electron chi connectivity index (χ2n) is 7.23. The largest absolute Gasteiger partial charge is 0.393 e. The molecule has 0 aromatic heterocycles. The van der Waals surface area contributed by atoms with Gasteiger partial charge in [0.1, 0.15) is 5.82 Å². The highest BCUT2D eigenvalue weighted by Crippen LogP contribution is 2.30. The summed E-state index contributed by atoms with van der Waals surface area (Å²) in [6.45, 7) is 3.67. The van der Waals surface area contributed by atoms with Crippen LogP contribution in [0.25, 0.3) is 0 Å². The number of carbonyl (C=O) groups excluding carboxylic acids is 1. The van der Waals surface area contributed by atoms with Crippen molar-refractivity contribution in [1.29, 1.82) is 0 Å². The molecule has 3 rings (SSSR count). The van der Waals surface area contributed by atoms with Gasteiger partial charge in [-0.25, -0.2) is 9.18 Å². The van der Waals surface area contributed by atoms with E-state index >= 15 is 0 Å². The average Bonchev–Trinajstić information content (AvgIpc) is 2.53. The minimum absolute atomic E-state index is 0.0853. The van der Waals surface area contributed by atoms with Crippen molar-refractivity contribution in [3.63, 3.8) is 0 Å². The lowest BCUT2D eigenvalue weighted by atomic mass is 9.79. The molecule has 2 fully saturated rings. The summed E-state index contributed by atoms with van der Waals surface area (Å²) < 4.78 is 14.4. The van der Waals surface area contributed by atoms with Gasteiger partial charge in [0.05, 0.1) is 11.8 Å². The Morgan fingerprint density at radius 2 is 2.08 bits per heavy atom. The molecule has 2 amide bonds. The number of aliphatic hydroxyl groups is 1. The number of piperidine rings is 1. The maximum absolute atomic E-state index is 14.4. The summed E-state index contributed by atoms with van der Waals surface area (Å²) in [5, 5.41) is 15.3. The van der Waals surface area contributed by atoms with Gasteiger partial charge in [-0.15, -0.1) is 0 Å². The molecule has 1 saturated heterocycles. The van der Waals surface area contributed by atoms with Crippen molar-refractivity contribution in [1.82, 2.24) is 10.6 Å². The Morgan fingerprint density at radius 3 is 2.67 bits per heavy atom. The zero-order chi connectivity index (χ0) is 17.2. The van der Waals surface area contributed by atoms with Crippen LogP contribution in [0.3, 0.4) is 0 Å². The van der Waals surface area contributed by atoms with Gasteiger partial charge >= 0.3 is 6.03 Å². The Kier molecular flexibility index (Phi) is 4.94. The number of urea groups is 1. The number of halogens is 1. The third-order valence-corrected chi connectivity index (χ3v) is 5.14. The summed E-state index contributed by atoms with van der Waals surface area (Å²) in [5.41, 5.74) is 1.22. The topological polar surface area (TPSA) is 64.6 Å². The Hall–Kier alpha value is -1.82. The standard InChI is InChI=1S/C18H26FN3O2/c1-18(7-2-8-18)21-17(24)20-12-13-3-4-16(15(19)11-13)22-9-5-14(23)6-10-22/h3-4,11,14,23H,2,5-10,12H2,1H3,(H2,20,21,24). The Morgan fingerprint density at radius 1 is 1.38 bits per heavy atom. The lowest BCUT2D eigenvalue weighted by Gasteiger charge is -2.39. The van der Waals surface area contributed by atoms with Gasteiger partial charge in [-0.2, -0.15) is 0 Å². The predicted octanol–water partition coefficient (Wildman–Crippen LogP) is 2.53. The number of rotatable bonds is 4. The Labute approximate surface area is 142 Å². The molecule has 1 aliphatic heterocycles. The van der Waals surface area contributed by atoms with Crippen LogP contribution in [0.4, 0.5) is 14.9 Å². The molecule has 1 heterocycles. The minimum Gasteiger partial charge on any atom is -0.393 e. The van der Waals surface area contributed by atoms with E-state index in [9.17, 15) is 14.3 Å². The number of carbonyl (C=O) groups is 1. The van der Waals surface area contributed by atoms with Crippen LogP contribution in [0.2, 0.25) is 0 Å². The molecule has 1 aliphatic carbocycles. The van der Waals surface area contributed by atoms with Gasteiger partial charge in [0.15, 0.2) is 0 Å². The maximum Gasteiger partial charge on any atom is 0.315 e. The van der Waals surface area contributed by atoms with E-state index < -0.39 is 0 Å². The molecule has 1 aromatic rings. The highest BCUT2D eigenvalue weighted by atomic mass is 19.1. The van der Waals surface area contributed by atoms with E-state index in [1.807, 2.05) is 17.9 Å². The van der Waals surface area contributed by atoms with Crippen molar-refractivity contribution in [3.8, 4) is 0 Å². The molecule has 0 spiro atoms. The molecule has 1 aromatic carbocycles. The van der Waals surface area contributed by atoms with Gasteiger partial charge in [-0.3, -0.25) is 0 Å². The Balaban J connectivity index is 1.53. The zero-order valence-corrected chi connectivity index (χ0v) is 14.1. The van der Waals surface area contributed by atoms with Gasteiger partial charge in [-0.1, -0.05) is 6.07 Å². The van der Waals surface area contributed by atoms with Gasteiger partial charge < -0.3 is 20.6 Å². The summed E-state index contributed by atoms with van der Waals surface area (Å²) in [6.07, 6.45) is 4.23. The number of amides is 2. The number of aliphatic hydroxyl groups excluding tert-OH is 1. The van der Waals surface area contributed by atoms with E-state index in [4.69, 9.17) is 0 Å². The molecule has 24 heavy (non-hydrogen) atoms. The fourth-order valence-electron chi connectivity index (χ4n) is 3.36. The van der Waals surface area contributed by atoms with Gasteiger partial charge in [-0.05, 0) is 56.7 Å². The molecule has 132 valence electrons. The van der Waals surface area contributed by atoms with Crippen LogP contribution in [0.15, 0.2) is 18.2 Å². The van der Waals surface area contributed by atoms with Crippen molar-refractivity contribution in [2.75, 3.05) is 18.0 Å². The third kappa shape index (κ3) is 3.98. The number of hydrogen-bond donors (Lipinski definition) is 3. The molecule has 0 bridgehead atoms. The molecule has 1 saturated carbocycles. The quantitative estimate of drug-likeness (QED) is 0.792. The summed E-state index contributed by atoms with van der Waals surface area (Å²) in [6, 6.07) is 4.88. The van der Waals surface area contributed by atoms with Gasteiger partial charge in [0.2, 0.25) is 0 Å². The molecule has 2 aliphatic rings. The van der Waals surface area contributed by atoms with E-state index in [1.54, 1.807) is 6.07 Å². The summed E-state index contributed by atoms with van der Waals surface area (Å²) in [5.74, 6) is -0.281. The number of nitrogens with one attached hydrogen (secondary N) is 2. The van der Waals surface area contributed by atoms with E-state index in [0.29, 0.717) is 38.2 Å². The summed E-state index contributed by atoms with van der Waals surface area (Å²) in [7, 11) is 0. The van der Waals surface area contributed by atoms with Crippen molar-refractivity contribution in [3.05, 3.63) is 29.6 Å². The van der Waals surface area contributed by atoms with E-state index in [2.05, 4.69) is 10.6 Å². The van der Waals surface area contributed by atoms with Crippen molar-refractivity contribution >= 4 is 11.7 Å². The first-order chi connectivity index (χ1) is 11.5. The monoisotopic (exact) mass is 335 g/mol. The fourth-order valence-corrected chi connectivity index (χ4v) is 3.36. The van der Waals surface area contributed by atoms with Crippen LogP contribution in [0, 0.1) is 5.82 Å². The van der Waals surface area contributed by atoms with Crippen LogP contribution in [-0.4, -0.2) is 35.9 Å². The smallest absolute Gasteiger partial charge is 0.315 e. The molecular formula is C18H26FN3O2. The second kappa shape index (κ2) is 6.97. The van der Waals surface area contributed by atoms with E-state index in [-0.39, 0.29) is 23.5 Å². The van der Waals surface area contributed by atoms with Crippen LogP contribution < -0.4 is 15.5 Å². The number of benzene rings is 1. The first kappa shape index (κ1) is 17.0. The lowest BCUT2D eigenvalue weighted by Crippen LogP contribution is -2.54. The average molecular weight is 335 g/mol. The van der Waals surface area contributed by atoms with Gasteiger partial charge in [0, 0.05) is 25.2 Å². The van der Waals surface area contributed by atoms with Gasteiger partial charge in [0.25, 0.3) is 0 Å². The second-order valence-corrected chi connectivity index (χ2v) is 7.23. The van der Waals surface area contributed by atoms with E-state index in [0.717, 1.165) is 24.8 Å². The molecular weight excluding hydrogens is 309 g/mol. The highest BCUT2D eigenvalue weighted by molar-refractivity contribution is 5.74. The first-order valence-corrected chi connectivity index (χ1v) is 8.73. The van der Waals surface area contributed by atoms with Crippen LogP contribution in [-0.2, 0) is 6.54 Å². The summed E-state index contributed by atoms with van der Waals surface area (Å²) in [4.78, 5) is 13.9. The number of nitrogens with zero attached hydrogens (tertiary/aromatic N) is 1. The molecule has 0 unspecified atom stereocenters. The zero-order valence-electron chi connectivity index (χ0n) is 14.1. The van der Waals surface area contributed by atoms with Crippen molar-refractivity contribution in [2.45, 2.75) is 57.2 Å². The minimum atomic E-state index is -0.281. The third-order valence-electron chi connectivity index (χ3n) is 5.14. The normalized spacial score (nSPS) is 20.4. The molecule has 0 radical (unpaired) electrons. The SMILES string of the molecule is CC1(NC(=O)NCc2ccc(N3CCC(O)CC3)c(F)c2)CCC1. The summed E-state index contributed by atoms with van der Waals surface area (Å²) >= 11 is 0. The van der Waals surface area contributed by atoms with Crippen molar-refractivity contribution in [2.24, 2.45) is 0 Å². The predicted molar refractivity (Wildman–Crippen MR) is 91.5 cm³/mol. The van der Waals surface area contributed by atoms with Crippen LogP contribution in [0.1, 0.15) is 44.6 Å². The van der Waals surface area contributed by atoms with E-state index in [1.165, 1.54) is 6.07 Å². The highest BCUT2D eigenvalue weighted by Gasteiger charge is 2.33. The first-order valence-electron chi connectivity index (χ1n) is 8.73. The molecule has 5 nitrogen and oxygen atoms in total. The number of hydrogen-bond acceptors (Lipinski definition) is 3. The molecule has 3 N–H and O–H groups in total. The maximum atomic E-state index is 14.4. The fraction of sp³-hybridized carbons (Fsp3) is 0.611. The van der Waals surface area contributed by atoms with Crippen LogP contribution in [0.5, 0.6) is 0 Å². The Bertz CT molecular complexity index is 596. The van der Waals surface area contributed by atoms with Crippen molar-refractivity contribution < 1.29 is 14.3 Å².